The topological polar surface area (TPSA) is 69.6 Å². The lowest BCUT2D eigenvalue weighted by Crippen LogP contribution is -2.29. The van der Waals surface area contributed by atoms with Crippen LogP contribution < -0.4 is 5.32 Å². The quantitative estimate of drug-likeness (QED) is 0.397. The van der Waals surface area contributed by atoms with Gasteiger partial charge in [0.15, 0.2) is 0 Å². The lowest BCUT2D eigenvalue weighted by molar-refractivity contribution is 0.190. The summed E-state index contributed by atoms with van der Waals surface area (Å²) >= 11 is 8.14. The van der Waals surface area contributed by atoms with Crippen molar-refractivity contribution < 1.29 is 14.6 Å². The molecule has 2 atom stereocenters. The molecule has 2 rings (SSSR count). The Morgan fingerprint density at radius 1 is 1.17 bits per heavy atom. The van der Waals surface area contributed by atoms with E-state index < -0.39 is 13.5 Å². The van der Waals surface area contributed by atoms with Gasteiger partial charge in [-0.2, -0.15) is 0 Å². The maximum Gasteiger partial charge on any atom is 0.207 e. The number of hydrogen-bond donors (Lipinski definition) is 3. The molecule has 0 fully saturated rings. The third-order valence-electron chi connectivity index (χ3n) is 3.46. The molecule has 0 saturated heterocycles. The van der Waals surface area contributed by atoms with E-state index in [0.29, 0.717) is 11.6 Å². The summed E-state index contributed by atoms with van der Waals surface area (Å²) in [6.45, 7) is 0.831. The minimum atomic E-state index is -3.41. The molecule has 0 heterocycles. The van der Waals surface area contributed by atoms with Gasteiger partial charge in [-0.3, -0.25) is 4.57 Å². The second-order valence-corrected chi connectivity index (χ2v) is 9.65. The molecule has 24 heavy (non-hydrogen) atoms. The van der Waals surface area contributed by atoms with Crippen LogP contribution in [-0.2, 0) is 17.3 Å². The number of halogens is 2. The highest BCUT2D eigenvalue weighted by molar-refractivity contribution is 14.1. The first-order valence-corrected chi connectivity index (χ1v) is 11.0. The SMILES string of the molecule is O=P(O)(Cc1ccccc1)CC(O)CNCc1ccc(Cl)c(I)c1. The highest BCUT2D eigenvalue weighted by Crippen LogP contribution is 2.44. The summed E-state index contributed by atoms with van der Waals surface area (Å²) in [5, 5.41) is 13.8. The minimum Gasteiger partial charge on any atom is -0.391 e. The van der Waals surface area contributed by atoms with Crippen LogP contribution >= 0.6 is 41.6 Å². The molecule has 0 aliphatic heterocycles. The molecule has 0 spiro atoms. The van der Waals surface area contributed by atoms with E-state index >= 15 is 0 Å². The summed E-state index contributed by atoms with van der Waals surface area (Å²) in [7, 11) is -3.41. The van der Waals surface area contributed by atoms with E-state index in [-0.39, 0.29) is 18.9 Å². The van der Waals surface area contributed by atoms with Crippen molar-refractivity contribution in [3.8, 4) is 0 Å². The maximum atomic E-state index is 12.3. The Kier molecular flexibility index (Phi) is 7.72. The second kappa shape index (κ2) is 9.32. The van der Waals surface area contributed by atoms with Crippen molar-refractivity contribution in [3.63, 3.8) is 0 Å². The van der Waals surface area contributed by atoms with Crippen molar-refractivity contribution in [2.75, 3.05) is 12.7 Å². The van der Waals surface area contributed by atoms with Crippen molar-refractivity contribution >= 4 is 41.6 Å². The van der Waals surface area contributed by atoms with Crippen molar-refractivity contribution in [3.05, 3.63) is 68.3 Å². The third kappa shape index (κ3) is 6.82. The molecule has 3 N–H and O–H groups in total. The summed E-state index contributed by atoms with van der Waals surface area (Å²) in [5.74, 6) is 0. The Morgan fingerprint density at radius 2 is 1.88 bits per heavy atom. The maximum absolute atomic E-state index is 12.3. The zero-order chi connectivity index (χ0) is 17.6. The molecule has 4 nitrogen and oxygen atoms in total. The number of hydrogen-bond acceptors (Lipinski definition) is 3. The van der Waals surface area contributed by atoms with Crippen LogP contribution in [0.3, 0.4) is 0 Å². The lowest BCUT2D eigenvalue weighted by atomic mass is 10.2. The van der Waals surface area contributed by atoms with Gasteiger partial charge >= 0.3 is 0 Å². The molecular formula is C17H20ClINO3P. The van der Waals surface area contributed by atoms with Crippen LogP contribution in [0, 0.1) is 3.57 Å². The molecule has 130 valence electrons. The normalized spacial score (nSPS) is 15.0. The summed E-state index contributed by atoms with van der Waals surface area (Å²) in [4.78, 5) is 10.1. The van der Waals surface area contributed by atoms with E-state index in [9.17, 15) is 14.6 Å². The second-order valence-electron chi connectivity index (χ2n) is 5.71. The molecule has 0 aliphatic rings. The molecule has 0 amide bonds. The monoisotopic (exact) mass is 479 g/mol. The first-order chi connectivity index (χ1) is 11.4. The first kappa shape index (κ1) is 19.9. The molecule has 0 radical (unpaired) electrons. The molecule has 0 aliphatic carbocycles. The average Bonchev–Trinajstić information content (AvgIpc) is 2.50. The number of rotatable bonds is 8. The Morgan fingerprint density at radius 3 is 2.54 bits per heavy atom. The van der Waals surface area contributed by atoms with Crippen LogP contribution in [-0.4, -0.2) is 28.8 Å². The summed E-state index contributed by atoms with van der Waals surface area (Å²) in [6.07, 6.45) is -0.899. The standard InChI is InChI=1S/C17H20ClINO3P/c18-16-7-6-14(8-17(16)19)9-20-10-15(21)12-24(22,23)11-13-4-2-1-3-5-13/h1-8,15,20-21H,9-12H2,(H,22,23). The van der Waals surface area contributed by atoms with Gasteiger partial charge in [-0.15, -0.1) is 0 Å². The van der Waals surface area contributed by atoms with E-state index in [0.717, 1.165) is 14.7 Å². The van der Waals surface area contributed by atoms with Gasteiger partial charge in [0, 0.05) is 22.8 Å². The van der Waals surface area contributed by atoms with Crippen molar-refractivity contribution in [2.24, 2.45) is 0 Å². The Balaban J connectivity index is 1.78. The van der Waals surface area contributed by atoms with Gasteiger partial charge in [0.05, 0.1) is 17.3 Å². The van der Waals surface area contributed by atoms with Crippen LogP contribution in [0.4, 0.5) is 0 Å². The van der Waals surface area contributed by atoms with E-state index in [2.05, 4.69) is 27.9 Å². The fraction of sp³-hybridized carbons (Fsp3) is 0.294. The van der Waals surface area contributed by atoms with E-state index in [1.807, 2.05) is 48.5 Å². The highest BCUT2D eigenvalue weighted by atomic mass is 127. The molecule has 2 aromatic rings. The van der Waals surface area contributed by atoms with E-state index in [1.165, 1.54) is 0 Å². The van der Waals surface area contributed by atoms with Crippen molar-refractivity contribution in [1.82, 2.24) is 5.32 Å². The van der Waals surface area contributed by atoms with Gasteiger partial charge in [0.2, 0.25) is 7.37 Å². The molecular weight excluding hydrogens is 460 g/mol. The summed E-state index contributed by atoms with van der Waals surface area (Å²) in [5.41, 5.74) is 1.85. The fourth-order valence-corrected chi connectivity index (χ4v) is 4.76. The van der Waals surface area contributed by atoms with Gasteiger partial charge in [-0.1, -0.05) is 48.0 Å². The molecule has 0 bridgehead atoms. The molecule has 0 saturated carbocycles. The van der Waals surface area contributed by atoms with E-state index in [1.54, 1.807) is 0 Å². The van der Waals surface area contributed by atoms with E-state index in [4.69, 9.17) is 11.6 Å². The van der Waals surface area contributed by atoms with Gasteiger partial charge in [-0.25, -0.2) is 0 Å². The van der Waals surface area contributed by atoms with Gasteiger partial charge in [-0.05, 0) is 45.9 Å². The zero-order valence-corrected chi connectivity index (χ0v) is 16.8. The summed E-state index contributed by atoms with van der Waals surface area (Å²) in [6, 6.07) is 14.9. The Hall–Kier alpha value is -0.430. The lowest BCUT2D eigenvalue weighted by Gasteiger charge is -2.17. The van der Waals surface area contributed by atoms with Gasteiger partial charge < -0.3 is 15.3 Å². The average molecular weight is 480 g/mol. The van der Waals surface area contributed by atoms with Crippen LogP contribution in [0.1, 0.15) is 11.1 Å². The van der Waals surface area contributed by atoms with Crippen molar-refractivity contribution in [1.29, 1.82) is 0 Å². The Labute approximate surface area is 160 Å². The number of aliphatic hydroxyl groups is 1. The zero-order valence-electron chi connectivity index (χ0n) is 13.0. The Bertz CT molecular complexity index is 714. The summed E-state index contributed by atoms with van der Waals surface area (Å²) < 4.78 is 13.2. The van der Waals surface area contributed by atoms with Crippen LogP contribution in [0.5, 0.6) is 0 Å². The molecule has 0 aromatic heterocycles. The van der Waals surface area contributed by atoms with Crippen LogP contribution in [0.25, 0.3) is 0 Å². The molecule has 2 unspecified atom stereocenters. The highest BCUT2D eigenvalue weighted by Gasteiger charge is 2.23. The predicted molar refractivity (Wildman–Crippen MR) is 107 cm³/mol. The predicted octanol–water partition coefficient (Wildman–Crippen LogP) is 3.87. The molecule has 7 heteroatoms. The number of benzene rings is 2. The minimum absolute atomic E-state index is 0.0836. The molecule has 2 aromatic carbocycles. The fourth-order valence-electron chi connectivity index (χ4n) is 2.36. The van der Waals surface area contributed by atoms with Gasteiger partial charge in [0.1, 0.15) is 0 Å². The van der Waals surface area contributed by atoms with Crippen LogP contribution in [0.2, 0.25) is 5.02 Å². The number of nitrogens with one attached hydrogen (secondary N) is 1. The smallest absolute Gasteiger partial charge is 0.207 e. The van der Waals surface area contributed by atoms with Gasteiger partial charge in [0.25, 0.3) is 0 Å². The third-order valence-corrected chi connectivity index (χ3v) is 6.85. The van der Waals surface area contributed by atoms with Crippen LogP contribution in [0.15, 0.2) is 48.5 Å². The number of aliphatic hydroxyl groups excluding tert-OH is 1. The first-order valence-electron chi connectivity index (χ1n) is 7.53. The largest absolute Gasteiger partial charge is 0.391 e. The van der Waals surface area contributed by atoms with Crippen molar-refractivity contribution in [2.45, 2.75) is 18.8 Å².